The second-order valence-electron chi connectivity index (χ2n) is 6.74. The largest absolute Gasteiger partial charge is 0.378 e. The average Bonchev–Trinajstić information content (AvgIpc) is 2.74. The van der Waals surface area contributed by atoms with Crippen LogP contribution in [-0.2, 0) is 14.8 Å². The van der Waals surface area contributed by atoms with Gasteiger partial charge in [-0.25, -0.2) is 17.5 Å². The lowest BCUT2D eigenvalue weighted by Crippen LogP contribution is -2.36. The first-order valence-electron chi connectivity index (χ1n) is 9.28. The minimum Gasteiger partial charge on any atom is -0.378 e. The molecule has 1 aliphatic heterocycles. The topological polar surface area (TPSA) is 87.7 Å². The van der Waals surface area contributed by atoms with Crippen LogP contribution in [0.5, 0.6) is 0 Å². The maximum Gasteiger partial charge on any atom is 0.254 e. The average molecular weight is 421 g/mol. The Morgan fingerprint density at radius 2 is 1.79 bits per heavy atom. The number of carbonyl (C=O) groups is 1. The Morgan fingerprint density at radius 1 is 1.14 bits per heavy atom. The van der Waals surface area contributed by atoms with Crippen molar-refractivity contribution in [3.63, 3.8) is 0 Å². The van der Waals surface area contributed by atoms with Crippen LogP contribution in [-0.4, -0.2) is 47.7 Å². The molecule has 9 heteroatoms. The molecule has 0 saturated carbocycles. The van der Waals surface area contributed by atoms with Gasteiger partial charge in [0.05, 0.1) is 29.7 Å². The van der Waals surface area contributed by atoms with Gasteiger partial charge in [0.2, 0.25) is 10.0 Å². The SMILES string of the molecule is CNS(=O)(=O)c1ccc(F)c(C(=O)NC(C)c2ccc(N3CCOCC3)cc2)c1. The zero-order valence-corrected chi connectivity index (χ0v) is 17.1. The standard InChI is InChI=1S/C20H24FN3O4S/c1-14(15-3-5-16(6-4-15)24-9-11-28-12-10-24)23-20(25)18-13-17(7-8-19(18)21)29(26,27)22-2/h3-8,13-14,22H,9-12H2,1-2H3,(H,23,25). The van der Waals surface area contributed by atoms with Crippen molar-refractivity contribution in [1.29, 1.82) is 0 Å². The Labute approximate surface area is 169 Å². The van der Waals surface area contributed by atoms with Gasteiger partial charge in [0.1, 0.15) is 5.82 Å². The number of nitrogens with one attached hydrogen (secondary N) is 2. The summed E-state index contributed by atoms with van der Waals surface area (Å²) in [5.74, 6) is -1.46. The van der Waals surface area contributed by atoms with E-state index < -0.39 is 21.7 Å². The summed E-state index contributed by atoms with van der Waals surface area (Å²) in [6.07, 6.45) is 0. The number of amides is 1. The highest BCUT2D eigenvalue weighted by Crippen LogP contribution is 2.21. The maximum absolute atomic E-state index is 14.1. The molecule has 156 valence electrons. The van der Waals surface area contributed by atoms with Crippen LogP contribution in [0.15, 0.2) is 47.4 Å². The third-order valence-corrected chi connectivity index (χ3v) is 6.29. The second-order valence-corrected chi connectivity index (χ2v) is 8.62. The molecule has 2 N–H and O–H groups in total. The van der Waals surface area contributed by atoms with Crippen LogP contribution in [0.2, 0.25) is 0 Å². The van der Waals surface area contributed by atoms with Crippen molar-refractivity contribution in [2.75, 3.05) is 38.3 Å². The summed E-state index contributed by atoms with van der Waals surface area (Å²) in [7, 11) is -2.53. The van der Waals surface area contributed by atoms with E-state index in [4.69, 9.17) is 4.74 Å². The summed E-state index contributed by atoms with van der Waals surface area (Å²) in [6.45, 7) is 4.84. The molecule has 1 unspecified atom stereocenters. The number of hydrogen-bond donors (Lipinski definition) is 2. The molecule has 0 aliphatic carbocycles. The molecular formula is C20H24FN3O4S. The van der Waals surface area contributed by atoms with E-state index >= 15 is 0 Å². The lowest BCUT2D eigenvalue weighted by molar-refractivity contribution is 0.0935. The smallest absolute Gasteiger partial charge is 0.254 e. The number of morpholine rings is 1. The molecule has 1 fully saturated rings. The Balaban J connectivity index is 1.72. The predicted molar refractivity (Wildman–Crippen MR) is 108 cm³/mol. The maximum atomic E-state index is 14.1. The summed E-state index contributed by atoms with van der Waals surface area (Å²) in [5.41, 5.74) is 1.61. The summed E-state index contributed by atoms with van der Waals surface area (Å²) >= 11 is 0. The molecule has 0 bridgehead atoms. The molecular weight excluding hydrogens is 397 g/mol. The monoisotopic (exact) mass is 421 g/mol. The van der Waals surface area contributed by atoms with E-state index in [1.807, 2.05) is 24.3 Å². The van der Waals surface area contributed by atoms with Crippen LogP contribution in [0.25, 0.3) is 0 Å². The van der Waals surface area contributed by atoms with Gasteiger partial charge in [0.15, 0.2) is 0 Å². The first-order chi connectivity index (χ1) is 13.8. The van der Waals surface area contributed by atoms with Gasteiger partial charge in [-0.3, -0.25) is 4.79 Å². The van der Waals surface area contributed by atoms with Gasteiger partial charge in [-0.15, -0.1) is 0 Å². The number of carbonyl (C=O) groups excluding carboxylic acids is 1. The lowest BCUT2D eigenvalue weighted by Gasteiger charge is -2.29. The Hall–Kier alpha value is -2.49. The lowest BCUT2D eigenvalue weighted by atomic mass is 10.1. The van der Waals surface area contributed by atoms with Crippen molar-refractivity contribution in [3.05, 3.63) is 59.4 Å². The highest BCUT2D eigenvalue weighted by molar-refractivity contribution is 7.89. The molecule has 2 aromatic rings. The summed E-state index contributed by atoms with van der Waals surface area (Å²) < 4.78 is 45.5. The van der Waals surface area contributed by atoms with Crippen molar-refractivity contribution < 1.29 is 22.3 Å². The summed E-state index contributed by atoms with van der Waals surface area (Å²) in [4.78, 5) is 14.6. The van der Waals surface area contributed by atoms with Crippen LogP contribution in [0, 0.1) is 5.82 Å². The molecule has 1 heterocycles. The molecule has 1 aliphatic rings. The van der Waals surface area contributed by atoms with Gasteiger partial charge in [-0.05, 0) is 49.9 Å². The van der Waals surface area contributed by atoms with E-state index in [0.29, 0.717) is 13.2 Å². The quantitative estimate of drug-likeness (QED) is 0.746. The van der Waals surface area contributed by atoms with Crippen LogP contribution >= 0.6 is 0 Å². The first kappa shape index (κ1) is 21.2. The number of anilines is 1. The molecule has 0 radical (unpaired) electrons. The number of halogens is 1. The molecule has 1 atom stereocenters. The van der Waals surface area contributed by atoms with E-state index in [0.717, 1.165) is 42.5 Å². The van der Waals surface area contributed by atoms with Crippen molar-refractivity contribution in [2.45, 2.75) is 17.9 Å². The van der Waals surface area contributed by atoms with Gasteiger partial charge >= 0.3 is 0 Å². The van der Waals surface area contributed by atoms with Gasteiger partial charge < -0.3 is 15.0 Å². The zero-order chi connectivity index (χ0) is 21.0. The van der Waals surface area contributed by atoms with Crippen molar-refractivity contribution in [2.24, 2.45) is 0 Å². The molecule has 1 amide bonds. The number of benzene rings is 2. The minimum atomic E-state index is -3.78. The highest BCUT2D eigenvalue weighted by Gasteiger charge is 2.20. The summed E-state index contributed by atoms with van der Waals surface area (Å²) in [6, 6.07) is 10.5. The molecule has 29 heavy (non-hydrogen) atoms. The van der Waals surface area contributed by atoms with Crippen molar-refractivity contribution in [1.82, 2.24) is 10.0 Å². The molecule has 2 aromatic carbocycles. The van der Waals surface area contributed by atoms with Gasteiger partial charge in [-0.2, -0.15) is 0 Å². The highest BCUT2D eigenvalue weighted by atomic mass is 32.2. The third-order valence-electron chi connectivity index (χ3n) is 4.88. The number of ether oxygens (including phenoxy) is 1. The van der Waals surface area contributed by atoms with E-state index in [9.17, 15) is 17.6 Å². The van der Waals surface area contributed by atoms with Crippen molar-refractivity contribution in [3.8, 4) is 0 Å². The van der Waals surface area contributed by atoms with Gasteiger partial charge in [0.25, 0.3) is 5.91 Å². The number of rotatable bonds is 6. The minimum absolute atomic E-state index is 0.172. The molecule has 0 spiro atoms. The fourth-order valence-corrected chi connectivity index (χ4v) is 3.87. The van der Waals surface area contributed by atoms with E-state index in [1.54, 1.807) is 6.92 Å². The summed E-state index contributed by atoms with van der Waals surface area (Å²) in [5, 5.41) is 2.72. The second kappa shape index (κ2) is 8.89. The molecule has 7 nitrogen and oxygen atoms in total. The van der Waals surface area contributed by atoms with Gasteiger partial charge in [0, 0.05) is 18.8 Å². The van der Waals surface area contributed by atoms with Crippen LogP contribution in [0.3, 0.4) is 0 Å². The van der Waals surface area contributed by atoms with E-state index in [-0.39, 0.29) is 16.5 Å². The Bertz CT molecular complexity index is 974. The molecule has 0 aromatic heterocycles. The van der Waals surface area contributed by atoms with E-state index in [2.05, 4.69) is 14.9 Å². The predicted octanol–water partition coefficient (Wildman–Crippen LogP) is 2.06. The van der Waals surface area contributed by atoms with Gasteiger partial charge in [-0.1, -0.05) is 12.1 Å². The number of hydrogen-bond acceptors (Lipinski definition) is 5. The van der Waals surface area contributed by atoms with E-state index in [1.165, 1.54) is 7.05 Å². The Morgan fingerprint density at radius 3 is 2.41 bits per heavy atom. The Kier molecular flexibility index (Phi) is 6.51. The fourth-order valence-electron chi connectivity index (χ4n) is 3.12. The normalized spacial score (nSPS) is 15.8. The first-order valence-corrected chi connectivity index (χ1v) is 10.8. The van der Waals surface area contributed by atoms with Crippen LogP contribution in [0.1, 0.15) is 28.9 Å². The molecule has 3 rings (SSSR count). The number of sulfonamides is 1. The van der Waals surface area contributed by atoms with Crippen LogP contribution in [0.4, 0.5) is 10.1 Å². The zero-order valence-electron chi connectivity index (χ0n) is 16.3. The van der Waals surface area contributed by atoms with Crippen molar-refractivity contribution >= 4 is 21.6 Å². The fraction of sp³-hybridized carbons (Fsp3) is 0.350. The third kappa shape index (κ3) is 4.92. The number of nitrogens with zero attached hydrogens (tertiary/aromatic N) is 1. The molecule has 1 saturated heterocycles. The van der Waals surface area contributed by atoms with Crippen LogP contribution < -0.4 is 14.9 Å².